The van der Waals surface area contributed by atoms with Gasteiger partial charge in [-0.2, -0.15) is 0 Å². The number of carbonyl (C=O) groups excluding carboxylic acids is 1. The average molecular weight is 274 g/mol. The van der Waals surface area contributed by atoms with Gasteiger partial charge in [-0.15, -0.1) is 0 Å². The number of hydrogen-bond donors (Lipinski definition) is 1. The van der Waals surface area contributed by atoms with Crippen molar-refractivity contribution in [3.8, 4) is 0 Å². The quantitative estimate of drug-likeness (QED) is 0.676. The van der Waals surface area contributed by atoms with Crippen LogP contribution in [0.1, 0.15) is 25.5 Å². The number of alkyl carbamates (subject to hydrolysis) is 1. The molecule has 0 radical (unpaired) electrons. The normalized spacial score (nSPS) is 11.8. The molecule has 6 nitrogen and oxygen atoms in total. The lowest BCUT2D eigenvalue weighted by Crippen LogP contribution is -2.25. The molecule has 1 rings (SSSR count). The van der Waals surface area contributed by atoms with Crippen LogP contribution >= 0.6 is 0 Å². The van der Waals surface area contributed by atoms with Crippen LogP contribution in [0.4, 0.5) is 19.3 Å². The maximum absolute atomic E-state index is 13.1. The van der Waals surface area contributed by atoms with Crippen molar-refractivity contribution in [1.82, 2.24) is 5.32 Å². The number of nitro benzene ring substituents is 1. The first-order valence-electron chi connectivity index (χ1n) is 5.44. The number of rotatable bonds is 4. The van der Waals surface area contributed by atoms with Gasteiger partial charge < -0.3 is 10.1 Å². The van der Waals surface area contributed by atoms with Crippen molar-refractivity contribution in [1.29, 1.82) is 0 Å². The smallest absolute Gasteiger partial charge is 0.407 e. The number of carbonyl (C=O) groups is 1. The summed E-state index contributed by atoms with van der Waals surface area (Å²) in [6.07, 6.45) is -1.88. The Morgan fingerprint density at radius 2 is 2.05 bits per heavy atom. The van der Waals surface area contributed by atoms with Gasteiger partial charge in [0.2, 0.25) is 0 Å². The third-order valence-electron chi connectivity index (χ3n) is 2.31. The number of hydrogen-bond acceptors (Lipinski definition) is 4. The highest BCUT2D eigenvalue weighted by atomic mass is 19.2. The summed E-state index contributed by atoms with van der Waals surface area (Å²) >= 11 is 0. The first-order chi connectivity index (χ1) is 8.86. The van der Waals surface area contributed by atoms with E-state index in [4.69, 9.17) is 4.74 Å². The van der Waals surface area contributed by atoms with Crippen molar-refractivity contribution in [2.75, 3.05) is 6.54 Å². The van der Waals surface area contributed by atoms with Gasteiger partial charge in [0.1, 0.15) is 6.10 Å². The lowest BCUT2D eigenvalue weighted by atomic mass is 10.1. The molecule has 0 aliphatic heterocycles. The Kier molecular flexibility index (Phi) is 4.74. The summed E-state index contributed by atoms with van der Waals surface area (Å²) in [5.74, 6) is -2.58. The molecule has 1 amide bonds. The predicted octanol–water partition coefficient (Wildman–Crippen LogP) is 2.68. The molecule has 0 fully saturated rings. The van der Waals surface area contributed by atoms with E-state index in [1.165, 1.54) is 6.92 Å². The van der Waals surface area contributed by atoms with Gasteiger partial charge >= 0.3 is 6.09 Å². The molecule has 1 aromatic rings. The summed E-state index contributed by atoms with van der Waals surface area (Å²) in [6.45, 7) is 3.30. The topological polar surface area (TPSA) is 81.5 Å². The van der Waals surface area contributed by atoms with Gasteiger partial charge in [-0.1, -0.05) is 0 Å². The molecule has 1 N–H and O–H groups in total. The minimum absolute atomic E-state index is 0.213. The third-order valence-corrected chi connectivity index (χ3v) is 2.31. The van der Waals surface area contributed by atoms with E-state index < -0.39 is 34.4 Å². The molecule has 0 aliphatic rings. The first kappa shape index (κ1) is 14.8. The highest BCUT2D eigenvalue weighted by Crippen LogP contribution is 2.29. The second kappa shape index (κ2) is 6.07. The number of nitrogens with zero attached hydrogens (tertiary/aromatic N) is 1. The van der Waals surface area contributed by atoms with Crippen LogP contribution in [0.25, 0.3) is 0 Å². The molecule has 0 aliphatic carbocycles. The van der Waals surface area contributed by atoms with Crippen LogP contribution in [0.3, 0.4) is 0 Å². The summed E-state index contributed by atoms with van der Waals surface area (Å²) < 4.78 is 30.9. The number of halogens is 2. The van der Waals surface area contributed by atoms with Gasteiger partial charge in [0.05, 0.1) is 16.6 Å². The van der Waals surface area contributed by atoms with Crippen LogP contribution in [0.15, 0.2) is 12.1 Å². The molecule has 0 heterocycles. The van der Waals surface area contributed by atoms with Gasteiger partial charge in [-0.25, -0.2) is 13.6 Å². The minimum Gasteiger partial charge on any atom is -0.441 e. The maximum Gasteiger partial charge on any atom is 0.407 e. The maximum atomic E-state index is 13.1. The number of benzene rings is 1. The van der Waals surface area contributed by atoms with Gasteiger partial charge in [0, 0.05) is 6.54 Å². The number of amides is 1. The van der Waals surface area contributed by atoms with Crippen LogP contribution in [0.2, 0.25) is 0 Å². The van der Waals surface area contributed by atoms with Crippen molar-refractivity contribution in [3.63, 3.8) is 0 Å². The number of nitrogens with one attached hydrogen (secondary N) is 1. The first-order valence-corrected chi connectivity index (χ1v) is 5.44. The monoisotopic (exact) mass is 274 g/mol. The molecule has 19 heavy (non-hydrogen) atoms. The standard InChI is InChI=1S/C11H12F2N2O4/c1-3-14-11(16)19-6(2)7-4-8(12)9(13)5-10(7)15(17)18/h4-6H,3H2,1-2H3,(H,14,16). The number of nitro groups is 1. The summed E-state index contributed by atoms with van der Waals surface area (Å²) in [5.41, 5.74) is -0.856. The Morgan fingerprint density at radius 1 is 1.47 bits per heavy atom. The van der Waals surface area contributed by atoms with E-state index in [0.29, 0.717) is 18.7 Å². The van der Waals surface area contributed by atoms with Gasteiger partial charge in [0.15, 0.2) is 11.6 Å². The molecular weight excluding hydrogens is 262 g/mol. The van der Waals surface area contributed by atoms with Gasteiger partial charge in [-0.05, 0) is 19.9 Å². The van der Waals surface area contributed by atoms with Crippen LogP contribution in [0, 0.1) is 21.7 Å². The van der Waals surface area contributed by atoms with E-state index in [1.54, 1.807) is 6.92 Å². The SMILES string of the molecule is CCNC(=O)OC(C)c1cc(F)c(F)cc1[N+](=O)[O-]. The molecule has 1 aromatic carbocycles. The Bertz CT molecular complexity index is 508. The highest BCUT2D eigenvalue weighted by molar-refractivity contribution is 5.67. The summed E-state index contributed by atoms with van der Waals surface area (Å²) in [5, 5.41) is 13.1. The van der Waals surface area contributed by atoms with Crippen molar-refractivity contribution in [2.45, 2.75) is 20.0 Å². The molecule has 0 bridgehead atoms. The van der Waals surface area contributed by atoms with Crippen molar-refractivity contribution < 1.29 is 23.2 Å². The molecule has 104 valence electrons. The van der Waals surface area contributed by atoms with Crippen LogP contribution in [-0.4, -0.2) is 17.6 Å². The molecule has 0 saturated carbocycles. The highest BCUT2D eigenvalue weighted by Gasteiger charge is 2.25. The van der Waals surface area contributed by atoms with Crippen molar-refractivity contribution in [2.24, 2.45) is 0 Å². The minimum atomic E-state index is -1.33. The Balaban J connectivity index is 3.07. The Morgan fingerprint density at radius 3 is 2.58 bits per heavy atom. The molecule has 0 spiro atoms. The summed E-state index contributed by atoms with van der Waals surface area (Å²) in [6, 6.07) is 1.11. The van der Waals surface area contributed by atoms with E-state index in [-0.39, 0.29) is 5.56 Å². The fraction of sp³-hybridized carbons (Fsp3) is 0.364. The lowest BCUT2D eigenvalue weighted by Gasteiger charge is -2.14. The van der Waals surface area contributed by atoms with Gasteiger partial charge in [-0.3, -0.25) is 10.1 Å². The molecule has 1 unspecified atom stereocenters. The van der Waals surface area contributed by atoms with Crippen molar-refractivity contribution in [3.05, 3.63) is 39.4 Å². The summed E-state index contributed by atoms with van der Waals surface area (Å²) in [7, 11) is 0. The lowest BCUT2D eigenvalue weighted by molar-refractivity contribution is -0.386. The largest absolute Gasteiger partial charge is 0.441 e. The van der Waals surface area contributed by atoms with E-state index in [1.807, 2.05) is 0 Å². The fourth-order valence-electron chi connectivity index (χ4n) is 1.45. The second-order valence-electron chi connectivity index (χ2n) is 3.66. The summed E-state index contributed by atoms with van der Waals surface area (Å²) in [4.78, 5) is 21.1. The zero-order chi connectivity index (χ0) is 14.6. The van der Waals surface area contributed by atoms with Crippen LogP contribution in [-0.2, 0) is 4.74 Å². The Labute approximate surface area is 107 Å². The van der Waals surface area contributed by atoms with Crippen LogP contribution < -0.4 is 5.32 Å². The molecular formula is C11H12F2N2O4. The van der Waals surface area contributed by atoms with Crippen molar-refractivity contribution >= 4 is 11.8 Å². The number of ether oxygens (including phenoxy) is 1. The molecule has 1 atom stereocenters. The second-order valence-corrected chi connectivity index (χ2v) is 3.66. The van der Waals surface area contributed by atoms with E-state index in [9.17, 15) is 23.7 Å². The fourth-order valence-corrected chi connectivity index (χ4v) is 1.45. The van der Waals surface area contributed by atoms with Crippen LogP contribution in [0.5, 0.6) is 0 Å². The zero-order valence-corrected chi connectivity index (χ0v) is 10.3. The van der Waals surface area contributed by atoms with E-state index >= 15 is 0 Å². The predicted molar refractivity (Wildman–Crippen MR) is 61.6 cm³/mol. The molecule has 0 aromatic heterocycles. The third kappa shape index (κ3) is 3.60. The molecule has 0 saturated heterocycles. The van der Waals surface area contributed by atoms with E-state index in [2.05, 4.69) is 5.32 Å². The molecule has 8 heteroatoms. The Hall–Kier alpha value is -2.25. The van der Waals surface area contributed by atoms with E-state index in [0.717, 1.165) is 0 Å². The average Bonchev–Trinajstić information content (AvgIpc) is 2.31. The van der Waals surface area contributed by atoms with Gasteiger partial charge in [0.25, 0.3) is 5.69 Å². The zero-order valence-electron chi connectivity index (χ0n) is 10.3.